The quantitative estimate of drug-likeness (QED) is 0.690. The molecule has 2 aromatic carbocycles. The number of halogens is 1. The second kappa shape index (κ2) is 8.47. The van der Waals surface area contributed by atoms with Gasteiger partial charge in [0.05, 0.1) is 5.69 Å². The van der Waals surface area contributed by atoms with Crippen molar-refractivity contribution in [1.82, 2.24) is 0 Å². The Morgan fingerprint density at radius 1 is 1.24 bits per heavy atom. The van der Waals surface area contributed by atoms with Gasteiger partial charge in [-0.25, -0.2) is 8.42 Å². The van der Waals surface area contributed by atoms with Crippen LogP contribution in [0.4, 0.5) is 11.4 Å². The number of benzene rings is 2. The normalized spacial score (nSPS) is 20.7. The lowest BCUT2D eigenvalue weighted by atomic mass is 10.0. The largest absolute Gasteiger partial charge is 0.490 e. The topological polar surface area (TPSA) is 75.7 Å². The highest BCUT2D eigenvalue weighted by Crippen LogP contribution is 2.36. The van der Waals surface area contributed by atoms with Gasteiger partial charge in [-0.05, 0) is 68.3 Å². The maximum absolute atomic E-state index is 13.3. The molecule has 0 unspecified atom stereocenters. The van der Waals surface area contributed by atoms with Crippen molar-refractivity contribution in [2.45, 2.75) is 24.5 Å². The summed E-state index contributed by atoms with van der Waals surface area (Å²) in [4.78, 5) is 13.0. The van der Waals surface area contributed by atoms with Crippen molar-refractivity contribution in [2.24, 2.45) is 0 Å². The van der Waals surface area contributed by atoms with Gasteiger partial charge in [-0.2, -0.15) is 0 Å². The maximum Gasteiger partial charge on any atom is 0.249 e. The molecule has 1 N–H and O–H groups in total. The van der Waals surface area contributed by atoms with Gasteiger partial charge in [-0.15, -0.1) is 0 Å². The zero-order valence-corrected chi connectivity index (χ0v) is 17.7. The Bertz CT molecular complexity index is 990. The van der Waals surface area contributed by atoms with E-state index >= 15 is 0 Å². The lowest BCUT2D eigenvalue weighted by molar-refractivity contribution is -0.118. The molecule has 0 aromatic heterocycles. The number of carbonyl (C=O) groups is 1. The van der Waals surface area contributed by atoms with E-state index in [4.69, 9.17) is 16.3 Å². The van der Waals surface area contributed by atoms with Gasteiger partial charge in [-0.3, -0.25) is 9.10 Å². The molecular weight excluding hydrogens is 412 g/mol. The smallest absolute Gasteiger partial charge is 0.249 e. The third-order valence-electron chi connectivity index (χ3n) is 4.95. The van der Waals surface area contributed by atoms with E-state index in [1.54, 1.807) is 54.6 Å². The minimum Gasteiger partial charge on any atom is -0.490 e. The lowest BCUT2D eigenvalue weighted by Gasteiger charge is -2.39. The molecule has 29 heavy (non-hydrogen) atoms. The van der Waals surface area contributed by atoms with Gasteiger partial charge in [0, 0.05) is 17.3 Å². The first-order valence-corrected chi connectivity index (χ1v) is 11.0. The van der Waals surface area contributed by atoms with E-state index in [-0.39, 0.29) is 6.42 Å². The predicted molar refractivity (Wildman–Crippen MR) is 116 cm³/mol. The Morgan fingerprint density at radius 2 is 1.90 bits per heavy atom. The third-order valence-corrected chi connectivity index (χ3v) is 7.70. The highest BCUT2D eigenvalue weighted by atomic mass is 35.5. The summed E-state index contributed by atoms with van der Waals surface area (Å²) in [7, 11) is -3.93. The number of amides is 1. The number of rotatable bonds is 6. The van der Waals surface area contributed by atoms with Crippen molar-refractivity contribution in [3.8, 4) is 5.75 Å². The van der Waals surface area contributed by atoms with E-state index in [1.165, 1.54) is 11.2 Å². The van der Waals surface area contributed by atoms with Gasteiger partial charge < -0.3 is 10.1 Å². The fourth-order valence-electron chi connectivity index (χ4n) is 3.21. The fraction of sp³-hybridized carbons (Fsp3) is 0.286. The summed E-state index contributed by atoms with van der Waals surface area (Å²) >= 11 is 5.91. The summed E-state index contributed by atoms with van der Waals surface area (Å²) in [6.07, 6.45) is 2.45. The Hall–Kier alpha value is -2.51. The van der Waals surface area contributed by atoms with E-state index in [1.807, 2.05) is 0 Å². The number of nitrogens with one attached hydrogen (secondary N) is 1. The molecule has 2 aromatic rings. The second-order valence-corrected chi connectivity index (χ2v) is 9.69. The molecule has 0 bridgehead atoms. The van der Waals surface area contributed by atoms with Gasteiger partial charge in [0.25, 0.3) is 0 Å². The van der Waals surface area contributed by atoms with Gasteiger partial charge in [0.1, 0.15) is 12.4 Å². The Labute approximate surface area is 176 Å². The zero-order chi connectivity index (χ0) is 21.1. The van der Waals surface area contributed by atoms with Crippen LogP contribution in [0.3, 0.4) is 0 Å². The van der Waals surface area contributed by atoms with E-state index < -0.39 is 20.7 Å². The first kappa shape index (κ1) is 21.2. The molecule has 3 rings (SSSR count). The molecule has 1 aliphatic rings. The fourth-order valence-corrected chi connectivity index (χ4v) is 5.28. The van der Waals surface area contributed by atoms with Crippen LogP contribution in [0, 0.1) is 0 Å². The van der Waals surface area contributed by atoms with Crippen LogP contribution in [0.15, 0.2) is 61.2 Å². The molecule has 1 aliphatic heterocycles. The zero-order valence-electron chi connectivity index (χ0n) is 16.1. The van der Waals surface area contributed by atoms with Crippen LogP contribution in [0.25, 0.3) is 0 Å². The number of ether oxygens (including phenoxy) is 1. The van der Waals surface area contributed by atoms with E-state index in [0.717, 1.165) is 0 Å². The van der Waals surface area contributed by atoms with E-state index in [2.05, 4.69) is 11.9 Å². The van der Waals surface area contributed by atoms with Crippen molar-refractivity contribution in [3.63, 3.8) is 0 Å². The molecular formula is C21H23ClN2O4S. The minimum absolute atomic E-state index is 0.242. The van der Waals surface area contributed by atoms with Crippen molar-refractivity contribution in [2.75, 3.05) is 22.8 Å². The second-order valence-electron chi connectivity index (χ2n) is 6.97. The molecule has 1 amide bonds. The van der Waals surface area contributed by atoms with Crippen LogP contribution in [-0.4, -0.2) is 32.2 Å². The molecule has 154 valence electrons. The summed E-state index contributed by atoms with van der Waals surface area (Å²) < 4.78 is 31.8. The van der Waals surface area contributed by atoms with Crippen molar-refractivity contribution in [1.29, 1.82) is 0 Å². The number of carbonyl (C=O) groups excluding carboxylic acids is 1. The van der Waals surface area contributed by atoms with Crippen molar-refractivity contribution < 1.29 is 17.9 Å². The molecule has 1 atom stereocenters. The minimum atomic E-state index is -3.93. The Kier molecular flexibility index (Phi) is 6.19. The van der Waals surface area contributed by atoms with Gasteiger partial charge in [-0.1, -0.05) is 24.3 Å². The van der Waals surface area contributed by atoms with Crippen LogP contribution in [-0.2, 0) is 14.8 Å². The summed E-state index contributed by atoms with van der Waals surface area (Å²) in [5.41, 5.74) is 0.998. The van der Waals surface area contributed by atoms with Crippen LogP contribution in [0.2, 0.25) is 5.02 Å². The number of anilines is 2. The SMILES string of the molecule is C=CCOc1ccc(NC(=O)[C@]2(C)CCCN(c3ccc(Cl)cc3)S2(=O)=O)cc1. The van der Waals surface area contributed by atoms with E-state index in [9.17, 15) is 13.2 Å². The summed E-state index contributed by atoms with van der Waals surface area (Å²) in [6.45, 7) is 5.76. The molecule has 0 aliphatic carbocycles. The lowest BCUT2D eigenvalue weighted by Crippen LogP contribution is -2.57. The summed E-state index contributed by atoms with van der Waals surface area (Å²) in [5, 5.41) is 3.25. The van der Waals surface area contributed by atoms with Gasteiger partial charge in [0.2, 0.25) is 15.9 Å². The Balaban J connectivity index is 1.81. The maximum atomic E-state index is 13.3. The summed E-state index contributed by atoms with van der Waals surface area (Å²) in [5.74, 6) is 0.0734. The highest BCUT2D eigenvalue weighted by Gasteiger charge is 2.51. The van der Waals surface area contributed by atoms with Gasteiger partial charge in [0.15, 0.2) is 4.75 Å². The molecule has 0 saturated carbocycles. The van der Waals surface area contributed by atoms with Crippen LogP contribution < -0.4 is 14.4 Å². The first-order chi connectivity index (χ1) is 13.8. The molecule has 1 saturated heterocycles. The number of hydrogen-bond donors (Lipinski definition) is 1. The average molecular weight is 435 g/mol. The number of nitrogens with zero attached hydrogens (tertiary/aromatic N) is 1. The number of sulfonamides is 1. The number of hydrogen-bond acceptors (Lipinski definition) is 4. The molecule has 1 heterocycles. The molecule has 0 radical (unpaired) electrons. The first-order valence-electron chi connectivity index (χ1n) is 9.21. The standard InChI is InChI=1S/C21H23ClN2O4S/c1-3-15-28-19-11-7-17(8-12-19)23-20(25)21(2)13-4-14-24(29(21,26)27)18-9-5-16(22)6-10-18/h3,5-12H,1,4,13-15H2,2H3,(H,23,25)/t21-/m0/s1. The van der Waals surface area contributed by atoms with Crippen molar-refractivity contribution >= 4 is 38.9 Å². The third kappa shape index (κ3) is 4.26. The summed E-state index contributed by atoms with van der Waals surface area (Å²) in [6, 6.07) is 13.3. The van der Waals surface area contributed by atoms with Crippen LogP contribution in [0.5, 0.6) is 5.75 Å². The van der Waals surface area contributed by atoms with Crippen LogP contribution in [0.1, 0.15) is 19.8 Å². The van der Waals surface area contributed by atoms with Gasteiger partial charge >= 0.3 is 0 Å². The highest BCUT2D eigenvalue weighted by molar-refractivity contribution is 7.95. The average Bonchev–Trinajstić information content (AvgIpc) is 2.70. The molecule has 1 fully saturated rings. The molecule has 0 spiro atoms. The van der Waals surface area contributed by atoms with E-state index in [0.29, 0.717) is 41.7 Å². The monoisotopic (exact) mass is 434 g/mol. The molecule has 8 heteroatoms. The van der Waals surface area contributed by atoms with Crippen molar-refractivity contribution in [3.05, 3.63) is 66.2 Å². The van der Waals surface area contributed by atoms with Crippen LogP contribution >= 0.6 is 11.6 Å². The predicted octanol–water partition coefficient (Wildman–Crippen LogP) is 4.23. The Morgan fingerprint density at radius 3 is 2.52 bits per heavy atom. The molecule has 6 nitrogen and oxygen atoms in total.